The molecule has 1 heterocycles. The monoisotopic (exact) mass is 209 g/mol. The van der Waals surface area contributed by atoms with Crippen molar-refractivity contribution in [2.75, 3.05) is 6.54 Å². The molecule has 0 saturated carbocycles. The summed E-state index contributed by atoms with van der Waals surface area (Å²) >= 11 is 0. The van der Waals surface area contributed by atoms with Crippen molar-refractivity contribution in [3.8, 4) is 0 Å². The molecular weight excluding hydrogens is 186 g/mol. The number of furan rings is 1. The van der Waals surface area contributed by atoms with Crippen LogP contribution < -0.4 is 5.32 Å². The van der Waals surface area contributed by atoms with Gasteiger partial charge in [-0.25, -0.2) is 0 Å². The summed E-state index contributed by atoms with van der Waals surface area (Å²) < 4.78 is 5.60. The molecule has 0 saturated heterocycles. The Bertz CT molecular complexity index is 276. The van der Waals surface area contributed by atoms with E-state index in [1.165, 1.54) is 18.4 Å². The SMILES string of the molecule is CCNC(c1occc1C)C(CC)CC. The van der Waals surface area contributed by atoms with Gasteiger partial charge in [0.05, 0.1) is 12.3 Å². The summed E-state index contributed by atoms with van der Waals surface area (Å²) in [5.74, 6) is 1.78. The predicted molar refractivity (Wildman–Crippen MR) is 63.9 cm³/mol. The number of rotatable bonds is 6. The quantitative estimate of drug-likeness (QED) is 0.773. The zero-order valence-corrected chi connectivity index (χ0v) is 10.3. The van der Waals surface area contributed by atoms with E-state index in [0.29, 0.717) is 12.0 Å². The minimum absolute atomic E-state index is 0.375. The highest BCUT2D eigenvalue weighted by atomic mass is 16.3. The Morgan fingerprint density at radius 3 is 2.33 bits per heavy atom. The first kappa shape index (κ1) is 12.3. The Labute approximate surface area is 93.1 Å². The van der Waals surface area contributed by atoms with Crippen LogP contribution in [-0.2, 0) is 0 Å². The molecule has 1 atom stereocenters. The second-order valence-electron chi connectivity index (χ2n) is 4.08. The highest BCUT2D eigenvalue weighted by Crippen LogP contribution is 2.29. The van der Waals surface area contributed by atoms with E-state index in [4.69, 9.17) is 4.42 Å². The Kier molecular flexibility index (Phi) is 4.89. The largest absolute Gasteiger partial charge is 0.467 e. The van der Waals surface area contributed by atoms with Gasteiger partial charge < -0.3 is 9.73 Å². The van der Waals surface area contributed by atoms with Crippen LogP contribution in [0.25, 0.3) is 0 Å². The maximum Gasteiger partial charge on any atom is 0.123 e. The molecule has 0 aliphatic heterocycles. The molecule has 0 fully saturated rings. The molecule has 1 aromatic heterocycles. The maximum atomic E-state index is 5.60. The van der Waals surface area contributed by atoms with Crippen LogP contribution in [0.3, 0.4) is 0 Å². The van der Waals surface area contributed by atoms with Gasteiger partial charge in [0.2, 0.25) is 0 Å². The first-order chi connectivity index (χ1) is 7.24. The van der Waals surface area contributed by atoms with Crippen LogP contribution >= 0.6 is 0 Å². The van der Waals surface area contributed by atoms with Gasteiger partial charge in [0.25, 0.3) is 0 Å². The van der Waals surface area contributed by atoms with Gasteiger partial charge >= 0.3 is 0 Å². The normalized spacial score (nSPS) is 13.4. The Morgan fingerprint density at radius 1 is 1.27 bits per heavy atom. The fourth-order valence-electron chi connectivity index (χ4n) is 2.16. The fraction of sp³-hybridized carbons (Fsp3) is 0.692. The number of hydrogen-bond donors (Lipinski definition) is 1. The van der Waals surface area contributed by atoms with E-state index < -0.39 is 0 Å². The number of hydrogen-bond acceptors (Lipinski definition) is 2. The fourth-order valence-corrected chi connectivity index (χ4v) is 2.16. The first-order valence-electron chi connectivity index (χ1n) is 6.01. The third-order valence-electron chi connectivity index (χ3n) is 3.13. The zero-order chi connectivity index (χ0) is 11.3. The molecule has 1 unspecified atom stereocenters. The van der Waals surface area contributed by atoms with Gasteiger partial charge in [0.1, 0.15) is 5.76 Å². The van der Waals surface area contributed by atoms with Crippen molar-refractivity contribution in [3.63, 3.8) is 0 Å². The summed E-state index contributed by atoms with van der Waals surface area (Å²) in [6.07, 6.45) is 4.17. The highest BCUT2D eigenvalue weighted by Gasteiger charge is 2.23. The average molecular weight is 209 g/mol. The summed E-state index contributed by atoms with van der Waals surface area (Å²) in [6, 6.07) is 2.42. The lowest BCUT2D eigenvalue weighted by molar-refractivity contribution is 0.297. The van der Waals surface area contributed by atoms with E-state index in [1.807, 2.05) is 6.07 Å². The van der Waals surface area contributed by atoms with Gasteiger partial charge in [0, 0.05) is 0 Å². The molecule has 0 amide bonds. The minimum atomic E-state index is 0.375. The second kappa shape index (κ2) is 5.96. The smallest absolute Gasteiger partial charge is 0.123 e. The van der Waals surface area contributed by atoms with Gasteiger partial charge in [-0.2, -0.15) is 0 Å². The summed E-state index contributed by atoms with van der Waals surface area (Å²) in [5, 5.41) is 3.53. The maximum absolute atomic E-state index is 5.60. The lowest BCUT2D eigenvalue weighted by atomic mass is 9.91. The summed E-state index contributed by atoms with van der Waals surface area (Å²) in [4.78, 5) is 0. The van der Waals surface area contributed by atoms with Crippen molar-refractivity contribution in [2.24, 2.45) is 5.92 Å². The molecule has 0 aliphatic carbocycles. The van der Waals surface area contributed by atoms with E-state index in [9.17, 15) is 0 Å². The van der Waals surface area contributed by atoms with Gasteiger partial charge in [-0.1, -0.05) is 33.6 Å². The number of nitrogens with one attached hydrogen (secondary N) is 1. The van der Waals surface area contributed by atoms with E-state index in [1.54, 1.807) is 6.26 Å². The van der Waals surface area contributed by atoms with Crippen molar-refractivity contribution < 1.29 is 4.42 Å². The van der Waals surface area contributed by atoms with Crippen LogP contribution in [0.2, 0.25) is 0 Å². The van der Waals surface area contributed by atoms with Crippen molar-refractivity contribution >= 4 is 0 Å². The van der Waals surface area contributed by atoms with Crippen LogP contribution in [0.4, 0.5) is 0 Å². The molecule has 15 heavy (non-hydrogen) atoms. The molecule has 0 spiro atoms. The van der Waals surface area contributed by atoms with Crippen LogP contribution in [0.5, 0.6) is 0 Å². The molecule has 0 aliphatic rings. The predicted octanol–water partition coefficient (Wildman–Crippen LogP) is 3.67. The molecular formula is C13H23NO. The van der Waals surface area contributed by atoms with Gasteiger partial charge in [0.15, 0.2) is 0 Å². The van der Waals surface area contributed by atoms with Crippen LogP contribution in [0.15, 0.2) is 16.7 Å². The first-order valence-corrected chi connectivity index (χ1v) is 6.01. The van der Waals surface area contributed by atoms with Gasteiger partial charge in [-0.05, 0) is 31.0 Å². The summed E-state index contributed by atoms with van der Waals surface area (Å²) in [6.45, 7) is 9.74. The summed E-state index contributed by atoms with van der Waals surface area (Å²) in [7, 11) is 0. The van der Waals surface area contributed by atoms with Crippen LogP contribution in [0.1, 0.15) is 51.0 Å². The third kappa shape index (κ3) is 2.85. The lowest BCUT2D eigenvalue weighted by Gasteiger charge is -2.24. The molecule has 1 rings (SSSR count). The Morgan fingerprint density at radius 2 is 1.93 bits per heavy atom. The standard InChI is InChI=1S/C13H23NO/c1-5-11(6-2)12(14-7-3)13-10(4)8-9-15-13/h8-9,11-12,14H,5-7H2,1-4H3. The van der Waals surface area contributed by atoms with Crippen molar-refractivity contribution in [1.29, 1.82) is 0 Å². The molecule has 0 bridgehead atoms. The van der Waals surface area contributed by atoms with Gasteiger partial charge in [-0.15, -0.1) is 0 Å². The van der Waals surface area contributed by atoms with Crippen LogP contribution in [-0.4, -0.2) is 6.54 Å². The van der Waals surface area contributed by atoms with Crippen molar-refractivity contribution in [3.05, 3.63) is 23.7 Å². The molecule has 86 valence electrons. The van der Waals surface area contributed by atoms with Crippen LogP contribution in [0, 0.1) is 12.8 Å². The Hall–Kier alpha value is -0.760. The lowest BCUT2D eigenvalue weighted by Crippen LogP contribution is -2.27. The molecule has 2 nitrogen and oxygen atoms in total. The average Bonchev–Trinajstić information content (AvgIpc) is 2.65. The zero-order valence-electron chi connectivity index (χ0n) is 10.3. The van der Waals surface area contributed by atoms with E-state index in [-0.39, 0.29) is 0 Å². The van der Waals surface area contributed by atoms with Crippen molar-refractivity contribution in [1.82, 2.24) is 5.32 Å². The molecule has 0 aromatic carbocycles. The minimum Gasteiger partial charge on any atom is -0.467 e. The molecule has 1 aromatic rings. The van der Waals surface area contributed by atoms with E-state index in [2.05, 4.69) is 33.0 Å². The van der Waals surface area contributed by atoms with E-state index >= 15 is 0 Å². The topological polar surface area (TPSA) is 25.2 Å². The highest BCUT2D eigenvalue weighted by molar-refractivity contribution is 5.19. The molecule has 1 N–H and O–H groups in total. The number of aryl methyl sites for hydroxylation is 1. The van der Waals surface area contributed by atoms with Crippen molar-refractivity contribution in [2.45, 2.75) is 46.6 Å². The van der Waals surface area contributed by atoms with E-state index in [0.717, 1.165) is 12.3 Å². The molecule has 0 radical (unpaired) electrons. The van der Waals surface area contributed by atoms with Gasteiger partial charge in [-0.3, -0.25) is 0 Å². The second-order valence-corrected chi connectivity index (χ2v) is 4.08. The molecule has 2 heteroatoms. The summed E-state index contributed by atoms with van der Waals surface area (Å²) in [5.41, 5.74) is 1.26. The third-order valence-corrected chi connectivity index (χ3v) is 3.13. The Balaban J connectivity index is 2.86.